The zero-order valence-electron chi connectivity index (χ0n) is 11.4. The fraction of sp³-hybridized carbons (Fsp3) is 0.571. The second-order valence-electron chi connectivity index (χ2n) is 4.70. The number of aryl methyl sites for hydroxylation is 1. The molecule has 1 aromatic carbocycles. The van der Waals surface area contributed by atoms with Crippen LogP contribution in [0.25, 0.3) is 0 Å². The Bertz CT molecular complexity index is 387. The summed E-state index contributed by atoms with van der Waals surface area (Å²) in [6.45, 7) is 4.68. The molecule has 108 valence electrons. The molecule has 0 bridgehead atoms. The third-order valence-corrected chi connectivity index (χ3v) is 3.26. The topological polar surface area (TPSA) is 61.7 Å². The quantitative estimate of drug-likeness (QED) is 0.682. The Balaban J connectivity index is 2.29. The summed E-state index contributed by atoms with van der Waals surface area (Å²) >= 11 is 5.92. The normalized spacial score (nSPS) is 14.2. The molecule has 0 radical (unpaired) electrons. The minimum atomic E-state index is -0.586. The van der Waals surface area contributed by atoms with Crippen molar-refractivity contribution in [2.75, 3.05) is 19.8 Å². The maximum Gasteiger partial charge on any atom is 0.119 e. The minimum Gasteiger partial charge on any atom is -0.491 e. The van der Waals surface area contributed by atoms with Gasteiger partial charge in [-0.3, -0.25) is 0 Å². The van der Waals surface area contributed by atoms with E-state index in [1.54, 1.807) is 12.1 Å². The second kappa shape index (κ2) is 8.38. The van der Waals surface area contributed by atoms with Crippen LogP contribution in [-0.4, -0.2) is 42.1 Å². The van der Waals surface area contributed by atoms with Crippen molar-refractivity contribution >= 4 is 11.6 Å². The van der Waals surface area contributed by atoms with E-state index in [0.717, 1.165) is 5.56 Å². The van der Waals surface area contributed by atoms with Crippen LogP contribution in [0.5, 0.6) is 5.75 Å². The lowest BCUT2D eigenvalue weighted by atomic mass is 10.2. The molecular formula is C14H22ClNO3. The van der Waals surface area contributed by atoms with E-state index in [-0.39, 0.29) is 19.3 Å². The van der Waals surface area contributed by atoms with Crippen LogP contribution in [0.2, 0.25) is 5.02 Å². The van der Waals surface area contributed by atoms with Crippen LogP contribution < -0.4 is 10.1 Å². The first-order valence-corrected chi connectivity index (χ1v) is 6.82. The summed E-state index contributed by atoms with van der Waals surface area (Å²) in [4.78, 5) is 0. The SMILES string of the molecule is Cc1cc(OCC(O)CNC(C)CCO)ccc1Cl. The molecular weight excluding hydrogens is 266 g/mol. The fourth-order valence-corrected chi connectivity index (χ4v) is 1.71. The van der Waals surface area contributed by atoms with Gasteiger partial charge in [-0.05, 0) is 44.0 Å². The Hall–Kier alpha value is -0.810. The van der Waals surface area contributed by atoms with Crippen molar-refractivity contribution in [2.45, 2.75) is 32.4 Å². The first-order chi connectivity index (χ1) is 9.02. The van der Waals surface area contributed by atoms with Crippen molar-refractivity contribution < 1.29 is 14.9 Å². The highest BCUT2D eigenvalue weighted by molar-refractivity contribution is 6.31. The van der Waals surface area contributed by atoms with E-state index in [1.165, 1.54) is 0 Å². The van der Waals surface area contributed by atoms with Gasteiger partial charge in [-0.2, -0.15) is 0 Å². The highest BCUT2D eigenvalue weighted by Gasteiger charge is 2.08. The predicted molar refractivity (Wildman–Crippen MR) is 76.9 cm³/mol. The van der Waals surface area contributed by atoms with Gasteiger partial charge in [-0.25, -0.2) is 0 Å². The number of rotatable bonds is 8. The summed E-state index contributed by atoms with van der Waals surface area (Å²) < 4.78 is 5.50. The summed E-state index contributed by atoms with van der Waals surface area (Å²) in [7, 11) is 0. The second-order valence-corrected chi connectivity index (χ2v) is 5.10. The molecule has 4 nitrogen and oxygen atoms in total. The molecule has 0 spiro atoms. The van der Waals surface area contributed by atoms with Crippen LogP contribution in [0.4, 0.5) is 0 Å². The average Bonchev–Trinajstić information content (AvgIpc) is 2.38. The fourth-order valence-electron chi connectivity index (χ4n) is 1.59. The Kier molecular flexibility index (Phi) is 7.16. The molecule has 0 aliphatic rings. The van der Waals surface area contributed by atoms with E-state index in [9.17, 15) is 5.11 Å². The zero-order chi connectivity index (χ0) is 14.3. The van der Waals surface area contributed by atoms with Gasteiger partial charge >= 0.3 is 0 Å². The summed E-state index contributed by atoms with van der Waals surface area (Å²) in [5, 5.41) is 22.4. The average molecular weight is 288 g/mol. The number of aliphatic hydroxyl groups is 2. The van der Waals surface area contributed by atoms with E-state index in [0.29, 0.717) is 23.7 Å². The van der Waals surface area contributed by atoms with Gasteiger partial charge in [0.1, 0.15) is 18.5 Å². The van der Waals surface area contributed by atoms with Gasteiger partial charge in [-0.15, -0.1) is 0 Å². The number of hydrogen-bond donors (Lipinski definition) is 3. The smallest absolute Gasteiger partial charge is 0.119 e. The van der Waals surface area contributed by atoms with Crippen LogP contribution in [0.15, 0.2) is 18.2 Å². The first kappa shape index (κ1) is 16.2. The van der Waals surface area contributed by atoms with Crippen molar-refractivity contribution in [1.29, 1.82) is 0 Å². The molecule has 2 atom stereocenters. The summed E-state index contributed by atoms with van der Waals surface area (Å²) in [5.41, 5.74) is 0.948. The standard InChI is InChI=1S/C14H22ClNO3/c1-10-7-13(3-4-14(10)15)19-9-12(18)8-16-11(2)5-6-17/h3-4,7,11-12,16-18H,5-6,8-9H2,1-2H3. The number of benzene rings is 1. The Morgan fingerprint density at radius 3 is 2.79 bits per heavy atom. The van der Waals surface area contributed by atoms with E-state index < -0.39 is 6.10 Å². The van der Waals surface area contributed by atoms with Gasteiger partial charge in [-0.1, -0.05) is 11.6 Å². The highest BCUT2D eigenvalue weighted by Crippen LogP contribution is 2.21. The largest absolute Gasteiger partial charge is 0.491 e. The molecule has 1 aromatic rings. The molecule has 19 heavy (non-hydrogen) atoms. The van der Waals surface area contributed by atoms with E-state index in [2.05, 4.69) is 5.32 Å². The Morgan fingerprint density at radius 2 is 2.16 bits per heavy atom. The Morgan fingerprint density at radius 1 is 1.42 bits per heavy atom. The Labute approximate surface area is 119 Å². The molecule has 0 aliphatic heterocycles. The number of hydrogen-bond acceptors (Lipinski definition) is 4. The van der Waals surface area contributed by atoms with Crippen LogP contribution >= 0.6 is 11.6 Å². The molecule has 0 saturated heterocycles. The number of nitrogens with one attached hydrogen (secondary N) is 1. The van der Waals surface area contributed by atoms with Crippen LogP contribution in [0.3, 0.4) is 0 Å². The van der Waals surface area contributed by atoms with Gasteiger partial charge in [0.2, 0.25) is 0 Å². The van der Waals surface area contributed by atoms with Gasteiger partial charge in [0.05, 0.1) is 0 Å². The van der Waals surface area contributed by atoms with Gasteiger partial charge in [0, 0.05) is 24.2 Å². The van der Waals surface area contributed by atoms with Crippen molar-refractivity contribution in [3.05, 3.63) is 28.8 Å². The lowest BCUT2D eigenvalue weighted by molar-refractivity contribution is 0.103. The third-order valence-electron chi connectivity index (χ3n) is 2.84. The summed E-state index contributed by atoms with van der Waals surface area (Å²) in [5.74, 6) is 0.698. The predicted octanol–water partition coefficient (Wildman–Crippen LogP) is 1.75. The molecule has 0 heterocycles. The molecule has 0 aromatic heterocycles. The number of ether oxygens (including phenoxy) is 1. The molecule has 2 unspecified atom stereocenters. The van der Waals surface area contributed by atoms with E-state index in [1.807, 2.05) is 19.9 Å². The third kappa shape index (κ3) is 6.25. The van der Waals surface area contributed by atoms with E-state index >= 15 is 0 Å². The lowest BCUT2D eigenvalue weighted by Crippen LogP contribution is -2.37. The van der Waals surface area contributed by atoms with Crippen molar-refractivity contribution in [1.82, 2.24) is 5.32 Å². The lowest BCUT2D eigenvalue weighted by Gasteiger charge is -2.17. The van der Waals surface area contributed by atoms with Crippen molar-refractivity contribution in [3.8, 4) is 5.75 Å². The molecule has 0 saturated carbocycles. The van der Waals surface area contributed by atoms with E-state index in [4.69, 9.17) is 21.4 Å². The monoisotopic (exact) mass is 287 g/mol. The molecule has 3 N–H and O–H groups in total. The first-order valence-electron chi connectivity index (χ1n) is 6.44. The molecule has 0 fully saturated rings. The maximum atomic E-state index is 9.78. The van der Waals surface area contributed by atoms with Crippen LogP contribution in [0.1, 0.15) is 18.9 Å². The van der Waals surface area contributed by atoms with Crippen molar-refractivity contribution in [2.24, 2.45) is 0 Å². The van der Waals surface area contributed by atoms with Gasteiger partial charge in [0.25, 0.3) is 0 Å². The molecule has 1 rings (SSSR count). The molecule has 0 aliphatic carbocycles. The van der Waals surface area contributed by atoms with Crippen LogP contribution in [-0.2, 0) is 0 Å². The molecule has 0 amide bonds. The van der Waals surface area contributed by atoms with Gasteiger partial charge < -0.3 is 20.3 Å². The maximum absolute atomic E-state index is 9.78. The number of halogens is 1. The highest BCUT2D eigenvalue weighted by atomic mass is 35.5. The summed E-state index contributed by atoms with van der Waals surface area (Å²) in [6, 6.07) is 5.58. The number of aliphatic hydroxyl groups excluding tert-OH is 2. The minimum absolute atomic E-state index is 0.144. The van der Waals surface area contributed by atoms with Gasteiger partial charge in [0.15, 0.2) is 0 Å². The van der Waals surface area contributed by atoms with Crippen LogP contribution in [0, 0.1) is 6.92 Å². The summed E-state index contributed by atoms with van der Waals surface area (Å²) in [6.07, 6.45) is 0.0846. The van der Waals surface area contributed by atoms with Crippen molar-refractivity contribution in [3.63, 3.8) is 0 Å². The zero-order valence-corrected chi connectivity index (χ0v) is 12.2. The molecule has 5 heteroatoms.